The summed E-state index contributed by atoms with van der Waals surface area (Å²) in [4.78, 5) is 14.5. The first-order valence-electron chi connectivity index (χ1n) is 8.96. The molecule has 0 aromatic heterocycles. The lowest BCUT2D eigenvalue weighted by Crippen LogP contribution is -2.37. The maximum Gasteiger partial charge on any atom is 0.220 e. The van der Waals surface area contributed by atoms with Crippen LogP contribution in [0.1, 0.15) is 31.2 Å². The van der Waals surface area contributed by atoms with E-state index in [4.69, 9.17) is 14.2 Å². The lowest BCUT2D eigenvalue weighted by Gasteiger charge is -2.26. The van der Waals surface area contributed by atoms with Crippen LogP contribution in [0.25, 0.3) is 0 Å². The van der Waals surface area contributed by atoms with Gasteiger partial charge in [0.15, 0.2) is 11.5 Å². The minimum absolute atomic E-state index is 0.0637. The molecule has 140 valence electrons. The number of carbonyl (C=O) groups is 1. The molecule has 0 saturated carbocycles. The topological polar surface area (TPSA) is 60.0 Å². The van der Waals surface area contributed by atoms with Crippen molar-refractivity contribution in [2.75, 3.05) is 47.5 Å². The molecule has 1 aromatic carbocycles. The lowest BCUT2D eigenvalue weighted by atomic mass is 10.1. The highest BCUT2D eigenvalue weighted by atomic mass is 16.5. The van der Waals surface area contributed by atoms with Gasteiger partial charge in [-0.15, -0.1) is 0 Å². The van der Waals surface area contributed by atoms with Crippen LogP contribution in [0.2, 0.25) is 0 Å². The van der Waals surface area contributed by atoms with Crippen LogP contribution < -0.4 is 19.5 Å². The van der Waals surface area contributed by atoms with Crippen molar-refractivity contribution in [1.82, 2.24) is 10.2 Å². The monoisotopic (exact) mass is 350 g/mol. The fourth-order valence-electron chi connectivity index (χ4n) is 3.23. The van der Waals surface area contributed by atoms with Crippen molar-refractivity contribution < 1.29 is 19.0 Å². The van der Waals surface area contributed by atoms with Gasteiger partial charge in [-0.25, -0.2) is 0 Å². The third kappa shape index (κ3) is 5.53. The van der Waals surface area contributed by atoms with Gasteiger partial charge in [-0.2, -0.15) is 0 Å². The molecule has 6 heteroatoms. The van der Waals surface area contributed by atoms with Crippen molar-refractivity contribution in [2.24, 2.45) is 0 Å². The Morgan fingerprint density at radius 3 is 2.40 bits per heavy atom. The number of nitrogens with zero attached hydrogens (tertiary/aromatic N) is 1. The average molecular weight is 350 g/mol. The van der Waals surface area contributed by atoms with Gasteiger partial charge < -0.3 is 24.4 Å². The number of hydrogen-bond donors (Lipinski definition) is 1. The summed E-state index contributed by atoms with van der Waals surface area (Å²) in [6, 6.07) is 3.76. The first-order valence-corrected chi connectivity index (χ1v) is 8.96. The molecule has 25 heavy (non-hydrogen) atoms. The molecule has 1 fully saturated rings. The highest BCUT2D eigenvalue weighted by molar-refractivity contribution is 5.76. The number of methoxy groups -OCH3 is 3. The maximum atomic E-state index is 12.1. The lowest BCUT2D eigenvalue weighted by molar-refractivity contribution is -0.121. The van der Waals surface area contributed by atoms with Crippen LogP contribution in [0.5, 0.6) is 17.2 Å². The van der Waals surface area contributed by atoms with Gasteiger partial charge in [0.1, 0.15) is 0 Å². The van der Waals surface area contributed by atoms with Crippen molar-refractivity contribution >= 4 is 5.91 Å². The molecule has 1 heterocycles. The maximum absolute atomic E-state index is 12.1. The fraction of sp³-hybridized carbons (Fsp3) is 0.632. The largest absolute Gasteiger partial charge is 0.493 e. The van der Waals surface area contributed by atoms with Crippen LogP contribution in [-0.4, -0.2) is 58.3 Å². The van der Waals surface area contributed by atoms with Gasteiger partial charge in [0, 0.05) is 19.5 Å². The smallest absolute Gasteiger partial charge is 0.220 e. The second-order valence-electron chi connectivity index (χ2n) is 6.25. The summed E-state index contributed by atoms with van der Waals surface area (Å²) in [5.74, 6) is 1.87. The van der Waals surface area contributed by atoms with E-state index < -0.39 is 0 Å². The van der Waals surface area contributed by atoms with Crippen LogP contribution in [0.4, 0.5) is 0 Å². The summed E-state index contributed by atoms with van der Waals surface area (Å²) in [7, 11) is 4.77. The number of benzene rings is 1. The molecule has 0 bridgehead atoms. The number of hydrogen-bond acceptors (Lipinski definition) is 5. The van der Waals surface area contributed by atoms with Crippen molar-refractivity contribution in [1.29, 1.82) is 0 Å². The number of nitrogens with one attached hydrogen (secondary N) is 1. The first-order chi connectivity index (χ1) is 12.2. The van der Waals surface area contributed by atoms with Gasteiger partial charge in [-0.05, 0) is 44.0 Å². The number of carbonyl (C=O) groups excluding carboxylic acids is 1. The molecule has 0 unspecified atom stereocenters. The van der Waals surface area contributed by atoms with Crippen molar-refractivity contribution in [2.45, 2.75) is 32.1 Å². The van der Waals surface area contributed by atoms with Gasteiger partial charge in [-0.3, -0.25) is 4.79 Å². The van der Waals surface area contributed by atoms with E-state index in [1.807, 2.05) is 12.1 Å². The second kappa shape index (κ2) is 10.1. The third-order valence-electron chi connectivity index (χ3n) is 4.61. The van der Waals surface area contributed by atoms with E-state index in [9.17, 15) is 4.79 Å². The molecular formula is C19H30N2O4. The summed E-state index contributed by atoms with van der Waals surface area (Å²) < 4.78 is 16.1. The Hall–Kier alpha value is -1.95. The zero-order valence-electron chi connectivity index (χ0n) is 15.6. The number of ether oxygens (including phenoxy) is 3. The van der Waals surface area contributed by atoms with Gasteiger partial charge >= 0.3 is 0 Å². The normalized spacial score (nSPS) is 14.8. The molecule has 1 amide bonds. The summed E-state index contributed by atoms with van der Waals surface area (Å²) in [6.07, 6.45) is 4.89. The average Bonchev–Trinajstić information content (AvgIpc) is 2.66. The molecule has 1 aliphatic heterocycles. The van der Waals surface area contributed by atoms with Gasteiger partial charge in [0.25, 0.3) is 0 Å². The number of piperidine rings is 1. The van der Waals surface area contributed by atoms with Crippen molar-refractivity contribution in [3.05, 3.63) is 17.7 Å². The summed E-state index contributed by atoms with van der Waals surface area (Å²) in [5.41, 5.74) is 0.936. The highest BCUT2D eigenvalue weighted by Gasteiger charge is 2.16. The summed E-state index contributed by atoms with van der Waals surface area (Å²) >= 11 is 0. The van der Waals surface area contributed by atoms with E-state index in [2.05, 4.69) is 10.2 Å². The Morgan fingerprint density at radius 2 is 1.76 bits per heavy atom. The number of rotatable bonds is 9. The third-order valence-corrected chi connectivity index (χ3v) is 4.61. The van der Waals surface area contributed by atoms with E-state index in [0.29, 0.717) is 36.6 Å². The number of likely N-dealkylation sites (tertiary alicyclic amines) is 1. The van der Waals surface area contributed by atoms with E-state index in [-0.39, 0.29) is 5.91 Å². The molecule has 0 aliphatic carbocycles. The summed E-state index contributed by atoms with van der Waals surface area (Å²) in [5, 5.41) is 3.01. The highest BCUT2D eigenvalue weighted by Crippen LogP contribution is 2.40. The van der Waals surface area contributed by atoms with E-state index in [1.165, 1.54) is 19.3 Å². The van der Waals surface area contributed by atoms with Gasteiger partial charge in [-0.1, -0.05) is 12.5 Å². The Balaban J connectivity index is 1.82. The predicted octanol–water partition coefficient (Wildman–Crippen LogP) is 2.25. The van der Waals surface area contributed by atoms with Crippen molar-refractivity contribution in [3.63, 3.8) is 0 Å². The Labute approximate surface area is 150 Å². The Morgan fingerprint density at radius 1 is 1.04 bits per heavy atom. The quantitative estimate of drug-likeness (QED) is 0.740. The molecular weight excluding hydrogens is 320 g/mol. The van der Waals surface area contributed by atoms with E-state index >= 15 is 0 Å². The molecule has 1 saturated heterocycles. The predicted molar refractivity (Wildman–Crippen MR) is 97.7 cm³/mol. The molecule has 1 aliphatic rings. The van der Waals surface area contributed by atoms with Crippen molar-refractivity contribution in [3.8, 4) is 17.2 Å². The van der Waals surface area contributed by atoms with E-state index in [0.717, 1.165) is 25.2 Å². The second-order valence-corrected chi connectivity index (χ2v) is 6.25. The molecule has 0 radical (unpaired) electrons. The number of aryl methyl sites for hydroxylation is 1. The zero-order valence-corrected chi connectivity index (χ0v) is 15.6. The molecule has 6 nitrogen and oxygen atoms in total. The minimum Gasteiger partial charge on any atom is -0.493 e. The first kappa shape index (κ1) is 19.4. The van der Waals surface area contributed by atoms with Gasteiger partial charge in [0.2, 0.25) is 11.7 Å². The van der Waals surface area contributed by atoms with Gasteiger partial charge in [0.05, 0.1) is 21.3 Å². The Kier molecular flexibility index (Phi) is 7.85. The Bertz CT molecular complexity index is 557. The number of amides is 1. The molecule has 2 rings (SSSR count). The van der Waals surface area contributed by atoms with Crippen LogP contribution >= 0.6 is 0 Å². The SMILES string of the molecule is COc1ccc(CCC(=O)NCCN2CCCCC2)c(OC)c1OC. The minimum atomic E-state index is 0.0637. The molecule has 1 N–H and O–H groups in total. The molecule has 0 spiro atoms. The van der Waals surface area contributed by atoms with Crippen LogP contribution in [0.3, 0.4) is 0 Å². The zero-order chi connectivity index (χ0) is 18.1. The fourth-order valence-corrected chi connectivity index (χ4v) is 3.23. The summed E-state index contributed by atoms with van der Waals surface area (Å²) in [6.45, 7) is 3.95. The standard InChI is InChI=1S/C19H30N2O4/c1-23-16-9-7-15(18(24-2)19(16)25-3)8-10-17(22)20-11-14-21-12-5-4-6-13-21/h7,9H,4-6,8,10-14H2,1-3H3,(H,20,22). The van der Waals surface area contributed by atoms with Crippen LogP contribution in [0, 0.1) is 0 Å². The van der Waals surface area contributed by atoms with Crippen LogP contribution in [0.15, 0.2) is 12.1 Å². The molecule has 1 aromatic rings. The molecule has 0 atom stereocenters. The van der Waals surface area contributed by atoms with Crippen LogP contribution in [-0.2, 0) is 11.2 Å². The van der Waals surface area contributed by atoms with E-state index in [1.54, 1.807) is 21.3 Å².